The van der Waals surface area contributed by atoms with Gasteiger partial charge < -0.3 is 10.0 Å². The molecular formula is C15H26N2OS. The fraction of sp³-hybridized carbons (Fsp3) is 0.867. The Bertz CT molecular complexity index is 365. The smallest absolute Gasteiger partial charge is 0.134 e. The first kappa shape index (κ1) is 13.8. The van der Waals surface area contributed by atoms with E-state index in [1.807, 2.05) is 11.8 Å². The number of aliphatic hydroxyl groups excluding tert-OH is 1. The van der Waals surface area contributed by atoms with E-state index < -0.39 is 0 Å². The van der Waals surface area contributed by atoms with Gasteiger partial charge in [-0.25, -0.2) is 0 Å². The molecule has 1 N–H and O–H groups in total. The maximum atomic E-state index is 9.63. The topological polar surface area (TPSA) is 26.7 Å². The zero-order valence-corrected chi connectivity index (χ0v) is 13.1. The van der Waals surface area contributed by atoms with Crippen molar-refractivity contribution in [1.29, 1.82) is 0 Å². The number of nitrogens with zero attached hydrogens (tertiary/aromatic N) is 2. The van der Waals surface area contributed by atoms with Crippen molar-refractivity contribution < 1.29 is 5.11 Å². The highest BCUT2D eigenvalue weighted by Crippen LogP contribution is 2.49. The van der Waals surface area contributed by atoms with Crippen LogP contribution in [0.4, 0.5) is 0 Å². The van der Waals surface area contributed by atoms with E-state index in [1.165, 1.54) is 12.1 Å². The Labute approximate surface area is 121 Å². The van der Waals surface area contributed by atoms with Crippen molar-refractivity contribution in [3.8, 4) is 0 Å². The summed E-state index contributed by atoms with van der Waals surface area (Å²) in [6.07, 6.45) is 3.18. The van der Waals surface area contributed by atoms with Gasteiger partial charge >= 0.3 is 0 Å². The third-order valence-electron chi connectivity index (χ3n) is 5.14. The van der Waals surface area contributed by atoms with Gasteiger partial charge in [-0.15, -0.1) is 0 Å². The summed E-state index contributed by atoms with van der Waals surface area (Å²) in [5, 5.41) is 12.0. The first-order chi connectivity index (χ1) is 9.08. The van der Waals surface area contributed by atoms with E-state index in [-0.39, 0.29) is 6.10 Å². The van der Waals surface area contributed by atoms with Crippen molar-refractivity contribution in [1.82, 2.24) is 9.80 Å². The fourth-order valence-corrected chi connectivity index (χ4v) is 4.90. The lowest BCUT2D eigenvalue weighted by atomic mass is 10.0. The van der Waals surface area contributed by atoms with Gasteiger partial charge in [0.15, 0.2) is 0 Å². The molecule has 0 aromatic carbocycles. The Morgan fingerprint density at radius 1 is 1.37 bits per heavy atom. The Morgan fingerprint density at radius 3 is 2.58 bits per heavy atom. The maximum Gasteiger partial charge on any atom is 0.134 e. The second kappa shape index (κ2) is 5.30. The van der Waals surface area contributed by atoms with Gasteiger partial charge in [0.1, 0.15) is 5.50 Å². The van der Waals surface area contributed by atoms with Crippen molar-refractivity contribution in [3.63, 3.8) is 0 Å². The summed E-state index contributed by atoms with van der Waals surface area (Å²) in [4.78, 5) is 4.99. The normalized spacial score (nSPS) is 38.4. The zero-order valence-electron chi connectivity index (χ0n) is 12.2. The average Bonchev–Trinajstić information content (AvgIpc) is 3.00. The lowest BCUT2D eigenvalue weighted by Gasteiger charge is -2.39. The molecule has 4 atom stereocenters. The molecule has 3 rings (SSSR count). The molecule has 0 bridgehead atoms. The van der Waals surface area contributed by atoms with E-state index in [9.17, 15) is 5.11 Å². The van der Waals surface area contributed by atoms with Crippen LogP contribution in [0.5, 0.6) is 0 Å². The Hall–Kier alpha value is -0.190. The number of allylic oxidation sites excluding steroid dienone is 1. The second-order valence-corrected chi connectivity index (χ2v) is 7.48. The summed E-state index contributed by atoms with van der Waals surface area (Å²) in [5.74, 6) is 2.52. The van der Waals surface area contributed by atoms with Gasteiger partial charge in [-0.2, -0.15) is 0 Å². The van der Waals surface area contributed by atoms with Crippen LogP contribution in [0.25, 0.3) is 0 Å². The van der Waals surface area contributed by atoms with E-state index in [1.54, 1.807) is 0 Å². The Balaban J connectivity index is 1.59. The molecule has 1 saturated carbocycles. The molecule has 3 unspecified atom stereocenters. The molecule has 1 aliphatic carbocycles. The number of hydrogen-bond acceptors (Lipinski definition) is 4. The number of rotatable bonds is 3. The second-order valence-electron chi connectivity index (χ2n) is 6.55. The molecule has 0 radical (unpaired) electrons. The predicted octanol–water partition coefficient (Wildman–Crippen LogP) is 2.54. The molecule has 3 aliphatic rings. The van der Waals surface area contributed by atoms with Crippen LogP contribution >= 0.6 is 11.8 Å². The van der Waals surface area contributed by atoms with Crippen LogP contribution in [0.1, 0.15) is 33.1 Å². The lowest BCUT2D eigenvalue weighted by Crippen LogP contribution is -2.47. The molecule has 19 heavy (non-hydrogen) atoms. The van der Waals surface area contributed by atoms with E-state index in [0.717, 1.165) is 37.8 Å². The van der Waals surface area contributed by atoms with Crippen LogP contribution in [-0.4, -0.2) is 46.6 Å². The maximum absolute atomic E-state index is 9.63. The molecule has 2 heterocycles. The van der Waals surface area contributed by atoms with Crippen LogP contribution in [0, 0.1) is 17.8 Å². The largest absolute Gasteiger partial charge is 0.393 e. The number of aliphatic hydroxyl groups is 1. The molecule has 0 aromatic heterocycles. The molecule has 1 saturated heterocycles. The van der Waals surface area contributed by atoms with Crippen molar-refractivity contribution in [2.45, 2.75) is 44.7 Å². The van der Waals surface area contributed by atoms with Gasteiger partial charge in [0.05, 0.1) is 6.10 Å². The lowest BCUT2D eigenvalue weighted by molar-refractivity contribution is 0.0506. The van der Waals surface area contributed by atoms with Gasteiger partial charge in [0, 0.05) is 25.8 Å². The summed E-state index contributed by atoms with van der Waals surface area (Å²) in [5.41, 5.74) is 1.98. The minimum atomic E-state index is -0.0772. The summed E-state index contributed by atoms with van der Waals surface area (Å²) in [7, 11) is 2.24. The van der Waals surface area contributed by atoms with E-state index >= 15 is 0 Å². The average molecular weight is 282 g/mol. The molecule has 108 valence electrons. The van der Waals surface area contributed by atoms with Gasteiger partial charge in [0.2, 0.25) is 0 Å². The summed E-state index contributed by atoms with van der Waals surface area (Å²) in [6, 6.07) is 0. The summed E-state index contributed by atoms with van der Waals surface area (Å²) >= 11 is 1.95. The summed E-state index contributed by atoms with van der Waals surface area (Å²) < 4.78 is 0. The van der Waals surface area contributed by atoms with Gasteiger partial charge in [-0.1, -0.05) is 25.6 Å². The number of thioether (sulfide) groups is 1. The van der Waals surface area contributed by atoms with E-state index in [2.05, 4.69) is 36.1 Å². The highest BCUT2D eigenvalue weighted by Gasteiger charge is 2.42. The van der Waals surface area contributed by atoms with Crippen molar-refractivity contribution in [3.05, 3.63) is 11.1 Å². The minimum Gasteiger partial charge on any atom is -0.393 e. The third kappa shape index (κ3) is 2.67. The van der Waals surface area contributed by atoms with E-state index in [0.29, 0.717) is 11.4 Å². The zero-order chi connectivity index (χ0) is 13.6. The first-order valence-electron chi connectivity index (χ1n) is 7.58. The molecule has 0 aromatic rings. The monoisotopic (exact) mass is 282 g/mol. The van der Waals surface area contributed by atoms with Crippen LogP contribution in [-0.2, 0) is 0 Å². The molecule has 4 heteroatoms. The predicted molar refractivity (Wildman–Crippen MR) is 80.5 cm³/mol. The van der Waals surface area contributed by atoms with Crippen LogP contribution in [0.15, 0.2) is 11.1 Å². The summed E-state index contributed by atoms with van der Waals surface area (Å²) in [6.45, 7) is 6.81. The molecule has 3 nitrogen and oxygen atoms in total. The van der Waals surface area contributed by atoms with Crippen LogP contribution < -0.4 is 0 Å². The molecular weight excluding hydrogens is 256 g/mol. The number of piperidine rings is 1. The van der Waals surface area contributed by atoms with Gasteiger partial charge in [0.25, 0.3) is 0 Å². The van der Waals surface area contributed by atoms with Crippen molar-refractivity contribution >= 4 is 11.8 Å². The SMILES string of the molecule is CC1C[C@@H]1C(C)C1=CSC(N2CCC(O)CC2)N1C. The highest BCUT2D eigenvalue weighted by molar-refractivity contribution is 8.02. The quantitative estimate of drug-likeness (QED) is 0.860. The molecule has 0 spiro atoms. The minimum absolute atomic E-state index is 0.0772. The standard InChI is InChI=1S/C15H26N2OS/c1-10-8-13(10)11(2)14-9-19-15(16(14)3)17-6-4-12(18)5-7-17/h9-13,15,18H,4-8H2,1-3H3/t10?,11?,13-,15?/m0/s1. The van der Waals surface area contributed by atoms with E-state index in [4.69, 9.17) is 0 Å². The first-order valence-corrected chi connectivity index (χ1v) is 8.52. The number of likely N-dealkylation sites (tertiary alicyclic amines) is 1. The Morgan fingerprint density at radius 2 is 2.00 bits per heavy atom. The number of hydrogen-bond donors (Lipinski definition) is 1. The molecule has 2 fully saturated rings. The molecule has 2 aliphatic heterocycles. The fourth-order valence-electron chi connectivity index (χ4n) is 3.57. The van der Waals surface area contributed by atoms with Crippen molar-refractivity contribution in [2.24, 2.45) is 17.8 Å². The van der Waals surface area contributed by atoms with Gasteiger partial charge in [-0.05, 0) is 42.4 Å². The molecule has 0 amide bonds. The highest BCUT2D eigenvalue weighted by atomic mass is 32.2. The third-order valence-corrected chi connectivity index (χ3v) is 6.38. The van der Waals surface area contributed by atoms with Crippen molar-refractivity contribution in [2.75, 3.05) is 20.1 Å². The van der Waals surface area contributed by atoms with Crippen LogP contribution in [0.2, 0.25) is 0 Å². The van der Waals surface area contributed by atoms with Crippen LogP contribution in [0.3, 0.4) is 0 Å². The van der Waals surface area contributed by atoms with Gasteiger partial charge in [-0.3, -0.25) is 4.90 Å². The Kier molecular flexibility index (Phi) is 3.84.